The topological polar surface area (TPSA) is 38.3 Å². The molecular formula is C17H18FNO2. The van der Waals surface area contributed by atoms with Crippen LogP contribution in [0.5, 0.6) is 5.75 Å². The van der Waals surface area contributed by atoms with Gasteiger partial charge < -0.3 is 10.1 Å². The van der Waals surface area contributed by atoms with Gasteiger partial charge in [-0.15, -0.1) is 0 Å². The zero-order valence-electron chi connectivity index (χ0n) is 12.4. The van der Waals surface area contributed by atoms with E-state index in [9.17, 15) is 9.18 Å². The number of hydrogen-bond acceptors (Lipinski definition) is 2. The van der Waals surface area contributed by atoms with Crippen LogP contribution in [0, 0.1) is 26.6 Å². The molecule has 0 atom stereocenters. The van der Waals surface area contributed by atoms with E-state index >= 15 is 0 Å². The van der Waals surface area contributed by atoms with E-state index in [0.717, 1.165) is 11.1 Å². The molecule has 0 aliphatic heterocycles. The van der Waals surface area contributed by atoms with Crippen molar-refractivity contribution < 1.29 is 13.9 Å². The van der Waals surface area contributed by atoms with Gasteiger partial charge in [0.15, 0.2) is 6.61 Å². The number of ether oxygens (including phenoxy) is 1. The highest BCUT2D eigenvalue weighted by Crippen LogP contribution is 2.19. The molecular weight excluding hydrogens is 269 g/mol. The van der Waals surface area contributed by atoms with E-state index < -0.39 is 0 Å². The summed E-state index contributed by atoms with van der Waals surface area (Å²) in [4.78, 5) is 11.8. The molecule has 2 aromatic carbocycles. The van der Waals surface area contributed by atoms with E-state index in [1.807, 2.05) is 32.0 Å². The number of benzene rings is 2. The van der Waals surface area contributed by atoms with E-state index in [1.54, 1.807) is 19.1 Å². The lowest BCUT2D eigenvalue weighted by molar-refractivity contribution is -0.118. The molecule has 2 rings (SSSR count). The van der Waals surface area contributed by atoms with Gasteiger partial charge in [0.05, 0.1) is 0 Å². The Bertz CT molecular complexity index is 668. The standard InChI is InChI=1S/C17H18FNO2/c1-11-4-7-16(13(3)8-11)21-10-17(20)19-14-6-5-12(2)15(18)9-14/h4-9H,10H2,1-3H3,(H,19,20). The molecule has 0 bridgehead atoms. The van der Waals surface area contributed by atoms with Crippen LogP contribution in [-0.4, -0.2) is 12.5 Å². The van der Waals surface area contributed by atoms with Crippen LogP contribution in [0.25, 0.3) is 0 Å². The van der Waals surface area contributed by atoms with Crippen LogP contribution in [0.3, 0.4) is 0 Å². The third kappa shape index (κ3) is 4.05. The van der Waals surface area contributed by atoms with Crippen LogP contribution in [0.15, 0.2) is 36.4 Å². The summed E-state index contributed by atoms with van der Waals surface area (Å²) in [6.45, 7) is 5.48. The van der Waals surface area contributed by atoms with E-state index in [4.69, 9.17) is 4.74 Å². The number of nitrogens with one attached hydrogen (secondary N) is 1. The summed E-state index contributed by atoms with van der Waals surface area (Å²) < 4.78 is 18.9. The highest BCUT2D eigenvalue weighted by molar-refractivity contribution is 5.91. The molecule has 21 heavy (non-hydrogen) atoms. The first-order valence-corrected chi connectivity index (χ1v) is 6.72. The summed E-state index contributed by atoms with van der Waals surface area (Å²) in [7, 11) is 0. The molecule has 0 aliphatic rings. The lowest BCUT2D eigenvalue weighted by atomic mass is 10.1. The van der Waals surface area contributed by atoms with Crippen molar-refractivity contribution in [2.75, 3.05) is 11.9 Å². The van der Waals surface area contributed by atoms with Gasteiger partial charge in [0, 0.05) is 5.69 Å². The molecule has 0 heterocycles. The van der Waals surface area contributed by atoms with E-state index in [1.165, 1.54) is 6.07 Å². The van der Waals surface area contributed by atoms with Crippen molar-refractivity contribution in [3.8, 4) is 5.75 Å². The van der Waals surface area contributed by atoms with Crippen molar-refractivity contribution in [3.05, 3.63) is 58.9 Å². The van der Waals surface area contributed by atoms with Crippen LogP contribution in [0.4, 0.5) is 10.1 Å². The van der Waals surface area contributed by atoms with Crippen LogP contribution >= 0.6 is 0 Å². The van der Waals surface area contributed by atoms with Gasteiger partial charge in [0.1, 0.15) is 11.6 Å². The average Bonchev–Trinajstić information content (AvgIpc) is 2.42. The second kappa shape index (κ2) is 6.39. The predicted molar refractivity (Wildman–Crippen MR) is 81.2 cm³/mol. The number of aryl methyl sites for hydroxylation is 3. The third-order valence-corrected chi connectivity index (χ3v) is 3.14. The van der Waals surface area contributed by atoms with Gasteiger partial charge in [-0.3, -0.25) is 4.79 Å². The maximum Gasteiger partial charge on any atom is 0.262 e. The third-order valence-electron chi connectivity index (χ3n) is 3.14. The zero-order valence-corrected chi connectivity index (χ0v) is 12.4. The molecule has 0 radical (unpaired) electrons. The largest absolute Gasteiger partial charge is 0.483 e. The van der Waals surface area contributed by atoms with E-state index in [-0.39, 0.29) is 18.3 Å². The Labute approximate surface area is 123 Å². The molecule has 2 aromatic rings. The summed E-state index contributed by atoms with van der Waals surface area (Å²) in [6.07, 6.45) is 0. The quantitative estimate of drug-likeness (QED) is 0.929. The Morgan fingerprint density at radius 2 is 1.86 bits per heavy atom. The normalized spacial score (nSPS) is 10.3. The smallest absolute Gasteiger partial charge is 0.262 e. The first-order chi connectivity index (χ1) is 9.95. The number of hydrogen-bond donors (Lipinski definition) is 1. The monoisotopic (exact) mass is 287 g/mol. The number of halogens is 1. The van der Waals surface area contributed by atoms with Crippen molar-refractivity contribution in [2.45, 2.75) is 20.8 Å². The van der Waals surface area contributed by atoms with E-state index in [2.05, 4.69) is 5.32 Å². The molecule has 0 aliphatic carbocycles. The number of amides is 1. The van der Waals surface area contributed by atoms with Crippen LogP contribution in [0.1, 0.15) is 16.7 Å². The number of anilines is 1. The van der Waals surface area contributed by atoms with Crippen LogP contribution in [-0.2, 0) is 4.79 Å². The maximum absolute atomic E-state index is 13.4. The lowest BCUT2D eigenvalue weighted by Crippen LogP contribution is -2.20. The lowest BCUT2D eigenvalue weighted by Gasteiger charge is -2.10. The molecule has 0 saturated carbocycles. The van der Waals surface area contributed by atoms with Crippen molar-refractivity contribution in [1.29, 1.82) is 0 Å². The minimum atomic E-state index is -0.344. The first-order valence-electron chi connectivity index (χ1n) is 6.72. The summed E-state index contributed by atoms with van der Waals surface area (Å²) in [5.74, 6) is 0.00663. The van der Waals surface area contributed by atoms with Gasteiger partial charge in [0.2, 0.25) is 0 Å². The fraction of sp³-hybridized carbons (Fsp3) is 0.235. The number of rotatable bonds is 4. The van der Waals surface area contributed by atoms with Gasteiger partial charge in [0.25, 0.3) is 5.91 Å². The molecule has 4 heteroatoms. The van der Waals surface area contributed by atoms with Crippen molar-refractivity contribution in [2.24, 2.45) is 0 Å². The van der Waals surface area contributed by atoms with Gasteiger partial charge in [-0.25, -0.2) is 4.39 Å². The number of carbonyl (C=O) groups excluding carboxylic acids is 1. The Hall–Kier alpha value is -2.36. The van der Waals surface area contributed by atoms with Crippen LogP contribution < -0.4 is 10.1 Å². The van der Waals surface area contributed by atoms with Crippen LogP contribution in [0.2, 0.25) is 0 Å². The molecule has 0 saturated heterocycles. The van der Waals surface area contributed by atoms with Gasteiger partial charge >= 0.3 is 0 Å². The minimum absolute atomic E-state index is 0.112. The Kier molecular flexibility index (Phi) is 4.58. The van der Waals surface area contributed by atoms with Crippen molar-refractivity contribution in [1.82, 2.24) is 0 Å². The average molecular weight is 287 g/mol. The van der Waals surface area contributed by atoms with Gasteiger partial charge in [-0.05, 0) is 50.1 Å². The SMILES string of the molecule is Cc1ccc(OCC(=O)Nc2ccc(C)c(F)c2)c(C)c1. The second-order valence-electron chi connectivity index (χ2n) is 5.07. The summed E-state index contributed by atoms with van der Waals surface area (Å²) in [5, 5.41) is 2.61. The molecule has 1 N–H and O–H groups in total. The fourth-order valence-electron chi connectivity index (χ4n) is 1.97. The minimum Gasteiger partial charge on any atom is -0.483 e. The summed E-state index contributed by atoms with van der Waals surface area (Å²) >= 11 is 0. The first kappa shape index (κ1) is 15.0. The Morgan fingerprint density at radius 3 is 2.52 bits per heavy atom. The highest BCUT2D eigenvalue weighted by atomic mass is 19.1. The fourth-order valence-corrected chi connectivity index (χ4v) is 1.97. The van der Waals surface area contributed by atoms with E-state index in [0.29, 0.717) is 17.0 Å². The molecule has 3 nitrogen and oxygen atoms in total. The number of carbonyl (C=O) groups is 1. The molecule has 110 valence electrons. The predicted octanol–water partition coefficient (Wildman–Crippen LogP) is 3.77. The molecule has 0 unspecified atom stereocenters. The Morgan fingerprint density at radius 1 is 1.10 bits per heavy atom. The molecule has 0 aromatic heterocycles. The van der Waals surface area contributed by atoms with Crippen molar-refractivity contribution >= 4 is 11.6 Å². The maximum atomic E-state index is 13.4. The summed E-state index contributed by atoms with van der Waals surface area (Å²) in [6, 6.07) is 10.3. The molecule has 1 amide bonds. The molecule has 0 spiro atoms. The summed E-state index contributed by atoms with van der Waals surface area (Å²) in [5.41, 5.74) is 3.08. The highest BCUT2D eigenvalue weighted by Gasteiger charge is 2.07. The second-order valence-corrected chi connectivity index (χ2v) is 5.07. The Balaban J connectivity index is 1.94. The zero-order chi connectivity index (χ0) is 15.4. The van der Waals surface area contributed by atoms with Crippen molar-refractivity contribution in [3.63, 3.8) is 0 Å². The van der Waals surface area contributed by atoms with Gasteiger partial charge in [-0.2, -0.15) is 0 Å². The van der Waals surface area contributed by atoms with Gasteiger partial charge in [-0.1, -0.05) is 23.8 Å². The molecule has 0 fully saturated rings.